The Labute approximate surface area is 350 Å². The zero-order valence-corrected chi connectivity index (χ0v) is 41.2. The zero-order valence-electron chi connectivity index (χ0n) is 39.2. The molecule has 0 saturated heterocycles. The van der Waals surface area contributed by atoms with E-state index in [4.69, 9.17) is 13.6 Å². The summed E-state index contributed by atoms with van der Waals surface area (Å²) in [5.74, 6) is -1.73. The van der Waals surface area contributed by atoms with Crippen LogP contribution >= 0.6 is 0 Å². The van der Waals surface area contributed by atoms with Gasteiger partial charge in [-0.3, -0.25) is 4.79 Å². The minimum atomic E-state index is -2.32. The molecule has 0 aliphatic carbocycles. The van der Waals surface area contributed by atoms with Gasteiger partial charge in [0.2, 0.25) is 0 Å². The number of carbonyl (C=O) groups excluding carboxylic acids is 2. The van der Waals surface area contributed by atoms with Crippen LogP contribution in [0.2, 0.25) is 34.8 Å². The molecule has 9 heteroatoms. The largest absolute Gasteiger partial charge is 0.478 e. The average Bonchev–Trinajstić information content (AvgIpc) is 3.07. The Morgan fingerprint density at radius 3 is 2.04 bits per heavy atom. The van der Waals surface area contributed by atoms with Crippen LogP contribution in [0.5, 0.6) is 0 Å². The summed E-state index contributed by atoms with van der Waals surface area (Å²) in [4.78, 5) is 38.2. The lowest BCUT2D eigenvalue weighted by Crippen LogP contribution is -2.51. The monoisotopic (exact) mass is 827 g/mol. The van der Waals surface area contributed by atoms with Gasteiger partial charge in [-0.1, -0.05) is 150 Å². The van der Waals surface area contributed by atoms with Crippen LogP contribution in [0.4, 0.5) is 0 Å². The molecule has 324 valence electrons. The smallest absolute Gasteiger partial charge is 0.331 e. The zero-order chi connectivity index (χ0) is 44.1. The molecule has 0 aromatic heterocycles. The van der Waals surface area contributed by atoms with Crippen molar-refractivity contribution in [2.45, 2.75) is 177 Å². The quantitative estimate of drug-likeness (QED) is 0.0474. The molecule has 1 rings (SSSR count). The van der Waals surface area contributed by atoms with Crippen molar-refractivity contribution in [1.82, 2.24) is 0 Å². The Morgan fingerprint density at radius 1 is 0.947 bits per heavy atom. The van der Waals surface area contributed by atoms with Gasteiger partial charge in [-0.25, -0.2) is 9.59 Å². The molecule has 0 saturated carbocycles. The highest BCUT2D eigenvalue weighted by Crippen LogP contribution is 2.43. The number of ketones is 1. The predicted octanol–water partition coefficient (Wildman–Crippen LogP) is 13.0. The molecule has 7 atom stereocenters. The molecule has 1 heterocycles. The molecule has 0 unspecified atom stereocenters. The van der Waals surface area contributed by atoms with E-state index < -0.39 is 34.4 Å². The number of esters is 1. The van der Waals surface area contributed by atoms with E-state index in [1.165, 1.54) is 17.7 Å². The van der Waals surface area contributed by atoms with Crippen molar-refractivity contribution in [2.24, 2.45) is 29.6 Å². The van der Waals surface area contributed by atoms with Crippen molar-refractivity contribution in [2.75, 3.05) is 6.61 Å². The number of hydrogen-bond donors (Lipinski definition) is 1. The predicted molar refractivity (Wildman–Crippen MR) is 244 cm³/mol. The molecule has 0 aromatic rings. The molecule has 1 N–H and O–H groups in total. The molecule has 1 aliphatic heterocycles. The van der Waals surface area contributed by atoms with Gasteiger partial charge in [-0.2, -0.15) is 0 Å². The lowest BCUT2D eigenvalue weighted by Gasteiger charge is -2.44. The minimum Gasteiger partial charge on any atom is -0.478 e. The fraction of sp³-hybridized carbons (Fsp3) is 0.688. The van der Waals surface area contributed by atoms with Crippen molar-refractivity contribution in [1.29, 1.82) is 0 Å². The molecular weight excluding hydrogens is 745 g/mol. The number of Topliss-reactive ketones (excluding diaryl/α,β-unsaturated/α-hetero) is 1. The summed E-state index contributed by atoms with van der Waals surface area (Å²) in [5.41, 5.74) is 4.11. The highest BCUT2D eigenvalue weighted by atomic mass is 28.4. The second-order valence-electron chi connectivity index (χ2n) is 19.4. The fourth-order valence-electron chi connectivity index (χ4n) is 8.19. The van der Waals surface area contributed by atoms with Crippen molar-refractivity contribution in [3.63, 3.8) is 0 Å². The maximum absolute atomic E-state index is 14.9. The van der Waals surface area contributed by atoms with Crippen LogP contribution in [0.15, 0.2) is 71.4 Å². The van der Waals surface area contributed by atoms with Gasteiger partial charge in [0.25, 0.3) is 0 Å². The molecule has 0 bridgehead atoms. The van der Waals surface area contributed by atoms with Gasteiger partial charge in [0.15, 0.2) is 16.6 Å². The van der Waals surface area contributed by atoms with Gasteiger partial charge in [0, 0.05) is 30.6 Å². The van der Waals surface area contributed by atoms with E-state index >= 15 is 0 Å². The van der Waals surface area contributed by atoms with E-state index in [0.717, 1.165) is 24.0 Å². The Hall–Kier alpha value is -2.60. The normalized spacial score (nSPS) is 20.8. The van der Waals surface area contributed by atoms with E-state index in [1.54, 1.807) is 0 Å². The second-order valence-corrected chi connectivity index (χ2v) is 29.6. The molecule has 0 amide bonds. The molecule has 1 aliphatic rings. The maximum atomic E-state index is 14.9. The SMILES string of the molecule is CCC(=C/[C@H](C)C/C=C/C(C)=C/[C@@H](CO[Si](C(C)C)(C(C)C)C(C)C)C(=O)[C@@H](C)[C@H](O[Si](C)(C)C(C)(C)C)[C@@H](C)C/C(C)=C/C(=O)O)/C=C/[C@@H]1OC(=O)C=C[C@@H]1C. The Bertz CT molecular complexity index is 1480. The van der Waals surface area contributed by atoms with Crippen LogP contribution in [-0.4, -0.2) is 58.3 Å². The highest BCUT2D eigenvalue weighted by Gasteiger charge is 2.47. The first-order chi connectivity index (χ1) is 26.2. The standard InChI is InChI=1S/C48H82O7Si2/c1-19-41(24-25-43-38(11)23-26-45(51)54-43)28-35(8)21-20-22-36(9)29-42(31-53-57(32(2)3,33(4)5)34(6)7)46(52)40(13)47(55-56(17,18)48(14,15)16)39(12)27-37(10)30-44(49)50/h20,22-26,28-30,32-35,38-40,42-43,47H,19,21,27,31H2,1-18H3,(H,49,50)/b22-20+,25-24+,36-29+,37-30+,41-28-/t35-,38+,39+,40-,42+,43+,47-/m1/s1. The van der Waals surface area contributed by atoms with Crippen LogP contribution in [0, 0.1) is 29.6 Å². The van der Waals surface area contributed by atoms with Gasteiger partial charge in [0.1, 0.15) is 11.9 Å². The summed E-state index contributed by atoms with van der Waals surface area (Å²) >= 11 is 0. The van der Waals surface area contributed by atoms with E-state index in [-0.39, 0.29) is 46.8 Å². The number of allylic oxidation sites excluding steroid dienone is 7. The Balaban J connectivity index is 3.57. The van der Waals surface area contributed by atoms with Crippen LogP contribution in [-0.2, 0) is 28.0 Å². The number of ether oxygens (including phenoxy) is 1. The number of aliphatic carboxylic acids is 1. The van der Waals surface area contributed by atoms with Crippen molar-refractivity contribution < 1.29 is 33.1 Å². The fourth-order valence-corrected chi connectivity index (χ4v) is 15.1. The lowest BCUT2D eigenvalue weighted by molar-refractivity contribution is -0.143. The number of carboxylic acid groups (broad SMARTS) is 1. The van der Waals surface area contributed by atoms with Gasteiger partial charge in [-0.15, -0.1) is 0 Å². The molecular formula is C48H82O7Si2. The third kappa shape index (κ3) is 16.2. The maximum Gasteiger partial charge on any atom is 0.331 e. The lowest BCUT2D eigenvalue weighted by atomic mass is 9.82. The molecule has 7 nitrogen and oxygen atoms in total. The van der Waals surface area contributed by atoms with Gasteiger partial charge < -0.3 is 18.7 Å². The van der Waals surface area contributed by atoms with Crippen LogP contribution in [0.1, 0.15) is 130 Å². The summed E-state index contributed by atoms with van der Waals surface area (Å²) in [6, 6.07) is 0. The van der Waals surface area contributed by atoms with E-state index in [1.807, 2.05) is 32.9 Å². The highest BCUT2D eigenvalue weighted by molar-refractivity contribution is 6.77. The van der Waals surface area contributed by atoms with Gasteiger partial charge in [0.05, 0.1) is 12.0 Å². The minimum absolute atomic E-state index is 0.0681. The summed E-state index contributed by atoms with van der Waals surface area (Å²) in [6.07, 6.45) is 19.0. The molecule has 0 spiro atoms. The number of rotatable bonds is 23. The molecule has 57 heavy (non-hydrogen) atoms. The number of hydrogen-bond acceptors (Lipinski definition) is 6. The topological polar surface area (TPSA) is 99.1 Å². The van der Waals surface area contributed by atoms with Crippen LogP contribution < -0.4 is 0 Å². The third-order valence-electron chi connectivity index (χ3n) is 12.4. The Kier molecular flexibility index (Phi) is 21.4. The van der Waals surface area contributed by atoms with Crippen molar-refractivity contribution in [3.05, 3.63) is 71.4 Å². The third-order valence-corrected chi connectivity index (χ3v) is 23.0. The molecule has 0 aromatic carbocycles. The van der Waals surface area contributed by atoms with Crippen LogP contribution in [0.25, 0.3) is 0 Å². The second kappa shape index (κ2) is 23.3. The first kappa shape index (κ1) is 52.4. The van der Waals surface area contributed by atoms with Gasteiger partial charge >= 0.3 is 11.9 Å². The summed E-state index contributed by atoms with van der Waals surface area (Å²) < 4.78 is 19.7. The van der Waals surface area contributed by atoms with Gasteiger partial charge in [-0.05, 0) is 85.8 Å². The first-order valence-corrected chi connectivity index (χ1v) is 26.6. The summed E-state index contributed by atoms with van der Waals surface area (Å²) in [7, 11) is -4.60. The van der Waals surface area contributed by atoms with E-state index in [9.17, 15) is 19.5 Å². The molecule has 0 radical (unpaired) electrons. The molecule has 0 fully saturated rings. The average molecular weight is 827 g/mol. The van der Waals surface area contributed by atoms with Crippen molar-refractivity contribution >= 4 is 34.4 Å². The Morgan fingerprint density at radius 2 is 1.53 bits per heavy atom. The van der Waals surface area contributed by atoms with E-state index in [0.29, 0.717) is 29.7 Å². The summed E-state index contributed by atoms with van der Waals surface area (Å²) in [5, 5.41) is 9.38. The van der Waals surface area contributed by atoms with E-state index in [2.05, 4.69) is 133 Å². The van der Waals surface area contributed by atoms with Crippen molar-refractivity contribution in [3.8, 4) is 0 Å². The number of carboxylic acids is 1. The first-order valence-electron chi connectivity index (χ1n) is 21.6. The number of carbonyl (C=O) groups is 3. The van der Waals surface area contributed by atoms with Crippen LogP contribution in [0.3, 0.4) is 0 Å². The summed E-state index contributed by atoms with van der Waals surface area (Å²) in [6.45, 7) is 39.4. The number of cyclic esters (lactones) is 1.